The monoisotopic (exact) mass is 357 g/mol. The standard InChI is InChI=1S/C19H23N3O4/c1-24-17-6-3-14(11-18(17)25-2)12-20-15-4-5-16(21-13-15)19(23)22-7-9-26-10-8-22/h3-6,11,13,20H,7-10,12H2,1-2H3. The second kappa shape index (κ2) is 8.53. The van der Waals surface area contributed by atoms with Gasteiger partial charge in [-0.2, -0.15) is 0 Å². The van der Waals surface area contributed by atoms with Gasteiger partial charge < -0.3 is 24.4 Å². The quantitative estimate of drug-likeness (QED) is 0.854. The molecule has 138 valence electrons. The number of rotatable bonds is 6. The molecular formula is C19H23N3O4. The summed E-state index contributed by atoms with van der Waals surface area (Å²) in [7, 11) is 3.23. The van der Waals surface area contributed by atoms with Crippen LogP contribution in [0.4, 0.5) is 5.69 Å². The number of ether oxygens (including phenoxy) is 3. The van der Waals surface area contributed by atoms with E-state index in [2.05, 4.69) is 10.3 Å². The van der Waals surface area contributed by atoms with Crippen molar-refractivity contribution in [3.63, 3.8) is 0 Å². The molecule has 7 nitrogen and oxygen atoms in total. The summed E-state index contributed by atoms with van der Waals surface area (Å²) >= 11 is 0. The Kier molecular flexibility index (Phi) is 5.91. The predicted molar refractivity (Wildman–Crippen MR) is 97.8 cm³/mol. The van der Waals surface area contributed by atoms with E-state index in [1.54, 1.807) is 31.4 Å². The molecular weight excluding hydrogens is 334 g/mol. The fraction of sp³-hybridized carbons (Fsp3) is 0.368. The summed E-state index contributed by atoms with van der Waals surface area (Å²) < 4.78 is 15.8. The molecule has 0 spiro atoms. The van der Waals surface area contributed by atoms with E-state index in [9.17, 15) is 4.79 Å². The summed E-state index contributed by atoms with van der Waals surface area (Å²) in [5.41, 5.74) is 2.35. The molecule has 1 fully saturated rings. The van der Waals surface area contributed by atoms with Crippen LogP contribution in [0.25, 0.3) is 0 Å². The van der Waals surface area contributed by atoms with E-state index in [1.807, 2.05) is 24.3 Å². The van der Waals surface area contributed by atoms with Crippen molar-refractivity contribution in [2.75, 3.05) is 45.8 Å². The first kappa shape index (κ1) is 18.0. The van der Waals surface area contributed by atoms with Crippen molar-refractivity contribution in [2.24, 2.45) is 0 Å². The maximum absolute atomic E-state index is 12.4. The molecule has 2 aromatic rings. The molecule has 2 heterocycles. The van der Waals surface area contributed by atoms with E-state index in [1.165, 1.54) is 0 Å². The summed E-state index contributed by atoms with van der Waals surface area (Å²) in [5, 5.41) is 3.29. The van der Waals surface area contributed by atoms with Crippen LogP contribution in [0.5, 0.6) is 11.5 Å². The lowest BCUT2D eigenvalue weighted by Crippen LogP contribution is -2.41. The maximum Gasteiger partial charge on any atom is 0.272 e. The van der Waals surface area contributed by atoms with Crippen LogP contribution >= 0.6 is 0 Å². The zero-order valence-electron chi connectivity index (χ0n) is 15.0. The summed E-state index contributed by atoms with van der Waals surface area (Å²) in [6.45, 7) is 2.99. The van der Waals surface area contributed by atoms with E-state index in [4.69, 9.17) is 14.2 Å². The first-order valence-electron chi connectivity index (χ1n) is 8.49. The smallest absolute Gasteiger partial charge is 0.272 e. The molecule has 1 saturated heterocycles. The van der Waals surface area contributed by atoms with Crippen molar-refractivity contribution >= 4 is 11.6 Å². The Hall–Kier alpha value is -2.80. The summed E-state index contributed by atoms with van der Waals surface area (Å²) in [6, 6.07) is 9.38. The highest BCUT2D eigenvalue weighted by atomic mass is 16.5. The average Bonchev–Trinajstić information content (AvgIpc) is 2.72. The minimum Gasteiger partial charge on any atom is -0.493 e. The van der Waals surface area contributed by atoms with Crippen LogP contribution < -0.4 is 14.8 Å². The van der Waals surface area contributed by atoms with Gasteiger partial charge in [-0.15, -0.1) is 0 Å². The van der Waals surface area contributed by atoms with Gasteiger partial charge in [0.2, 0.25) is 0 Å². The van der Waals surface area contributed by atoms with E-state index in [-0.39, 0.29) is 5.91 Å². The predicted octanol–water partition coefficient (Wildman–Crippen LogP) is 2.18. The summed E-state index contributed by atoms with van der Waals surface area (Å²) in [4.78, 5) is 18.4. The molecule has 1 amide bonds. The number of morpholine rings is 1. The lowest BCUT2D eigenvalue weighted by atomic mass is 10.2. The molecule has 1 aromatic carbocycles. The molecule has 7 heteroatoms. The number of benzene rings is 1. The highest BCUT2D eigenvalue weighted by Crippen LogP contribution is 2.27. The van der Waals surface area contributed by atoms with Crippen LogP contribution in [-0.4, -0.2) is 56.3 Å². The van der Waals surface area contributed by atoms with E-state index in [0.717, 1.165) is 11.3 Å². The zero-order chi connectivity index (χ0) is 18.4. The number of anilines is 1. The molecule has 0 atom stereocenters. The third-order valence-electron chi connectivity index (χ3n) is 4.23. The minimum absolute atomic E-state index is 0.0558. The van der Waals surface area contributed by atoms with Crippen LogP contribution in [0, 0.1) is 0 Å². The minimum atomic E-state index is -0.0558. The number of carbonyl (C=O) groups excluding carboxylic acids is 1. The lowest BCUT2D eigenvalue weighted by Gasteiger charge is -2.26. The van der Waals surface area contributed by atoms with Gasteiger partial charge >= 0.3 is 0 Å². The Bertz CT molecular complexity index is 743. The molecule has 1 aromatic heterocycles. The number of hydrogen-bond donors (Lipinski definition) is 1. The molecule has 1 aliphatic heterocycles. The molecule has 1 N–H and O–H groups in total. The summed E-state index contributed by atoms with van der Waals surface area (Å²) in [5.74, 6) is 1.33. The Morgan fingerprint density at radius 3 is 2.58 bits per heavy atom. The van der Waals surface area contributed by atoms with Crippen molar-refractivity contribution < 1.29 is 19.0 Å². The Labute approximate surface area is 152 Å². The number of nitrogens with one attached hydrogen (secondary N) is 1. The Balaban J connectivity index is 1.60. The highest BCUT2D eigenvalue weighted by Gasteiger charge is 2.19. The number of carbonyl (C=O) groups is 1. The molecule has 1 aliphatic rings. The second-order valence-electron chi connectivity index (χ2n) is 5.88. The third-order valence-corrected chi connectivity index (χ3v) is 4.23. The van der Waals surface area contributed by atoms with Gasteiger partial charge in [0.05, 0.1) is 39.3 Å². The molecule has 0 radical (unpaired) electrons. The van der Waals surface area contributed by atoms with Crippen molar-refractivity contribution in [1.82, 2.24) is 9.88 Å². The van der Waals surface area contributed by atoms with Crippen LogP contribution in [0.3, 0.4) is 0 Å². The Morgan fingerprint density at radius 1 is 1.15 bits per heavy atom. The summed E-state index contributed by atoms with van der Waals surface area (Å²) in [6.07, 6.45) is 1.68. The van der Waals surface area contributed by atoms with Gasteiger partial charge in [-0.3, -0.25) is 4.79 Å². The van der Waals surface area contributed by atoms with Crippen molar-refractivity contribution in [3.05, 3.63) is 47.8 Å². The van der Waals surface area contributed by atoms with Gasteiger partial charge in [0, 0.05) is 19.6 Å². The molecule has 0 unspecified atom stereocenters. The number of nitrogens with zero attached hydrogens (tertiary/aromatic N) is 2. The zero-order valence-corrected chi connectivity index (χ0v) is 15.0. The first-order chi connectivity index (χ1) is 12.7. The SMILES string of the molecule is COc1ccc(CNc2ccc(C(=O)N3CCOCC3)nc2)cc1OC. The fourth-order valence-corrected chi connectivity index (χ4v) is 2.75. The van der Waals surface area contributed by atoms with E-state index < -0.39 is 0 Å². The maximum atomic E-state index is 12.4. The molecule has 3 rings (SSSR count). The average molecular weight is 357 g/mol. The number of amides is 1. The van der Waals surface area contributed by atoms with Crippen molar-refractivity contribution in [2.45, 2.75) is 6.54 Å². The fourth-order valence-electron chi connectivity index (χ4n) is 2.75. The Morgan fingerprint density at radius 2 is 1.92 bits per heavy atom. The molecule has 0 aliphatic carbocycles. The van der Waals surface area contributed by atoms with Crippen molar-refractivity contribution in [1.29, 1.82) is 0 Å². The molecule has 26 heavy (non-hydrogen) atoms. The number of hydrogen-bond acceptors (Lipinski definition) is 6. The van der Waals surface area contributed by atoms with Crippen LogP contribution in [-0.2, 0) is 11.3 Å². The highest BCUT2D eigenvalue weighted by molar-refractivity contribution is 5.92. The number of aromatic nitrogens is 1. The van der Waals surface area contributed by atoms with E-state index >= 15 is 0 Å². The first-order valence-corrected chi connectivity index (χ1v) is 8.49. The third kappa shape index (κ3) is 4.23. The van der Waals surface area contributed by atoms with E-state index in [0.29, 0.717) is 50.0 Å². The van der Waals surface area contributed by atoms with Gasteiger partial charge in [0.15, 0.2) is 11.5 Å². The normalized spacial score (nSPS) is 14.0. The number of methoxy groups -OCH3 is 2. The van der Waals surface area contributed by atoms with Crippen LogP contribution in [0.15, 0.2) is 36.5 Å². The van der Waals surface area contributed by atoms with Crippen LogP contribution in [0.2, 0.25) is 0 Å². The van der Waals surface area contributed by atoms with Gasteiger partial charge in [0.25, 0.3) is 5.91 Å². The molecule has 0 saturated carbocycles. The van der Waals surface area contributed by atoms with Gasteiger partial charge in [-0.25, -0.2) is 4.98 Å². The van der Waals surface area contributed by atoms with Gasteiger partial charge in [-0.05, 0) is 29.8 Å². The van der Waals surface area contributed by atoms with Crippen molar-refractivity contribution in [3.8, 4) is 11.5 Å². The topological polar surface area (TPSA) is 72.9 Å². The lowest BCUT2D eigenvalue weighted by molar-refractivity contribution is 0.0299. The van der Waals surface area contributed by atoms with Gasteiger partial charge in [-0.1, -0.05) is 6.07 Å². The largest absolute Gasteiger partial charge is 0.493 e. The second-order valence-corrected chi connectivity index (χ2v) is 5.88. The molecule has 0 bridgehead atoms. The number of pyridine rings is 1. The van der Waals surface area contributed by atoms with Crippen LogP contribution in [0.1, 0.15) is 16.1 Å². The van der Waals surface area contributed by atoms with Gasteiger partial charge in [0.1, 0.15) is 5.69 Å².